The summed E-state index contributed by atoms with van der Waals surface area (Å²) in [5, 5.41) is 84.0. The van der Waals surface area contributed by atoms with E-state index in [1.807, 2.05) is 0 Å². The van der Waals surface area contributed by atoms with Crippen molar-refractivity contribution in [2.45, 2.75) is 150 Å². The molecule has 8 N–H and O–H groups in total. The minimum atomic E-state index is -1.67. The molecule has 15 nitrogen and oxygen atoms in total. The van der Waals surface area contributed by atoms with E-state index in [2.05, 4.69) is 0 Å². The van der Waals surface area contributed by atoms with E-state index in [0.29, 0.717) is 38.5 Å². The molecule has 0 bridgehead atoms. The largest absolute Gasteiger partial charge is 0.393 e. The summed E-state index contributed by atoms with van der Waals surface area (Å²) in [4.78, 5) is 0. The highest BCUT2D eigenvalue weighted by molar-refractivity contribution is 4.99. The third kappa shape index (κ3) is 7.12. The van der Waals surface area contributed by atoms with Gasteiger partial charge < -0.3 is 74.0 Å². The molecule has 19 unspecified atom stereocenters. The Hall–Kier alpha value is -0.600. The van der Waals surface area contributed by atoms with Gasteiger partial charge in [0.25, 0.3) is 0 Å². The lowest BCUT2D eigenvalue weighted by Gasteiger charge is -2.51. The van der Waals surface area contributed by atoms with Crippen LogP contribution in [0, 0.1) is 11.8 Å². The third-order valence-corrected chi connectivity index (χ3v) is 10.3. The van der Waals surface area contributed by atoms with Crippen LogP contribution in [0.3, 0.4) is 0 Å². The Kier molecular flexibility index (Phi) is 11.6. The highest BCUT2D eigenvalue weighted by Gasteiger charge is 2.52. The number of ether oxygens (including phenoxy) is 7. The van der Waals surface area contributed by atoms with E-state index in [4.69, 9.17) is 33.2 Å². The summed E-state index contributed by atoms with van der Waals surface area (Å²) < 4.78 is 41.0. The van der Waals surface area contributed by atoms with Crippen LogP contribution >= 0.6 is 0 Å². The van der Waals surface area contributed by atoms with Crippen molar-refractivity contribution in [1.82, 2.24) is 0 Å². The first-order chi connectivity index (χ1) is 20.9. The predicted molar refractivity (Wildman–Crippen MR) is 147 cm³/mol. The fourth-order valence-corrected chi connectivity index (χ4v) is 7.49. The number of aliphatic hydroxyl groups is 8. The van der Waals surface area contributed by atoms with Crippen LogP contribution in [0.2, 0.25) is 0 Å². The topological polar surface area (TPSA) is 226 Å². The highest BCUT2D eigenvalue weighted by Crippen LogP contribution is 2.44. The Labute approximate surface area is 256 Å². The van der Waals surface area contributed by atoms with Crippen LogP contribution in [-0.4, -0.2) is 166 Å². The zero-order valence-electron chi connectivity index (χ0n) is 25.4. The van der Waals surface area contributed by atoms with Crippen molar-refractivity contribution in [2.75, 3.05) is 20.8 Å². The molecule has 3 aliphatic heterocycles. The Bertz CT molecular complexity index is 914. The Balaban J connectivity index is 1.30. The second-order valence-corrected chi connectivity index (χ2v) is 13.1. The number of hydrogen-bond acceptors (Lipinski definition) is 15. The van der Waals surface area contributed by atoms with E-state index in [9.17, 15) is 40.9 Å². The van der Waals surface area contributed by atoms with Crippen LogP contribution in [0.25, 0.3) is 0 Å². The molecular weight excluding hydrogens is 588 g/mol. The van der Waals surface area contributed by atoms with Gasteiger partial charge in [-0.2, -0.15) is 0 Å². The minimum absolute atomic E-state index is 0.0848. The van der Waals surface area contributed by atoms with Gasteiger partial charge in [0.15, 0.2) is 12.6 Å². The smallest absolute Gasteiger partial charge is 0.187 e. The first-order valence-electron chi connectivity index (χ1n) is 15.7. The summed E-state index contributed by atoms with van der Waals surface area (Å²) in [6.45, 7) is 1.09. The lowest BCUT2D eigenvalue weighted by Crippen LogP contribution is -2.63. The molecule has 5 fully saturated rings. The number of hydrogen-bond donors (Lipinski definition) is 8. The maximum Gasteiger partial charge on any atom is 0.187 e. The number of methoxy groups -OCH3 is 2. The van der Waals surface area contributed by atoms with E-state index < -0.39 is 98.5 Å². The fraction of sp³-hybridized carbons (Fsp3) is 1.00. The van der Waals surface area contributed by atoms with Crippen LogP contribution in [0.4, 0.5) is 0 Å². The van der Waals surface area contributed by atoms with E-state index in [1.165, 1.54) is 6.92 Å². The Morgan fingerprint density at radius 2 is 1.34 bits per heavy atom. The molecule has 5 rings (SSSR count). The molecule has 0 spiro atoms. The molecule has 3 saturated heterocycles. The van der Waals surface area contributed by atoms with E-state index >= 15 is 0 Å². The van der Waals surface area contributed by atoms with Crippen LogP contribution in [0.15, 0.2) is 0 Å². The molecule has 0 amide bonds. The standard InChI is InChI=1S/C29H50O15/c1-11-21(32)23(34)25(36)28(41-11)40-10-20-22(33)24(35)26(37)29(44-20)43-19-9-14-16(31)7-13(38-2)8-17(14)42-27(19)12-4-5-15(30)18(6-12)39-3/h11-37H,4-10H2,1-3H3. The lowest BCUT2D eigenvalue weighted by molar-refractivity contribution is -0.346. The molecule has 0 radical (unpaired) electrons. The zero-order chi connectivity index (χ0) is 31.9. The molecule has 0 aromatic rings. The molecule has 0 aromatic heterocycles. The van der Waals surface area contributed by atoms with Crippen LogP contribution in [-0.2, 0) is 33.2 Å². The van der Waals surface area contributed by atoms with Crippen molar-refractivity contribution >= 4 is 0 Å². The summed E-state index contributed by atoms with van der Waals surface area (Å²) in [5.74, 6) is -0.363. The average molecular weight is 639 g/mol. The van der Waals surface area contributed by atoms with Crippen molar-refractivity contribution in [3.05, 3.63) is 0 Å². The molecule has 2 saturated carbocycles. The van der Waals surface area contributed by atoms with Crippen LogP contribution in [0.1, 0.15) is 45.4 Å². The van der Waals surface area contributed by atoms with Gasteiger partial charge in [-0.15, -0.1) is 0 Å². The van der Waals surface area contributed by atoms with Crippen molar-refractivity contribution < 1.29 is 74.0 Å². The first kappa shape index (κ1) is 34.7. The summed E-state index contributed by atoms with van der Waals surface area (Å²) in [5.41, 5.74) is 0. The van der Waals surface area contributed by atoms with Gasteiger partial charge in [-0.05, 0) is 44.9 Å². The molecular formula is C29H50O15. The molecule has 15 heteroatoms. The highest BCUT2D eigenvalue weighted by atomic mass is 16.7. The summed E-state index contributed by atoms with van der Waals surface area (Å²) >= 11 is 0. The molecule has 256 valence electrons. The molecule has 0 aromatic carbocycles. The summed E-state index contributed by atoms with van der Waals surface area (Å²) in [6, 6.07) is 0. The van der Waals surface area contributed by atoms with Crippen molar-refractivity contribution in [1.29, 1.82) is 0 Å². The van der Waals surface area contributed by atoms with Crippen molar-refractivity contribution in [3.63, 3.8) is 0 Å². The SMILES string of the molecule is COC1CC(O)C2CC(OC3OC(COC4OC(C)C(O)C(O)C4O)C(O)C(O)C3O)C(C3CCC(O)C(OC)C3)OC2C1. The second-order valence-electron chi connectivity index (χ2n) is 13.1. The number of fused-ring (bicyclic) bond motifs is 1. The molecule has 19 atom stereocenters. The molecule has 2 aliphatic carbocycles. The van der Waals surface area contributed by atoms with Gasteiger partial charge in [-0.3, -0.25) is 0 Å². The van der Waals surface area contributed by atoms with Gasteiger partial charge >= 0.3 is 0 Å². The molecule has 3 heterocycles. The number of rotatable bonds is 8. The van der Waals surface area contributed by atoms with Gasteiger partial charge in [0.2, 0.25) is 0 Å². The van der Waals surface area contributed by atoms with Gasteiger partial charge in [-0.1, -0.05) is 0 Å². The first-order valence-corrected chi connectivity index (χ1v) is 15.7. The van der Waals surface area contributed by atoms with Crippen molar-refractivity contribution in [3.8, 4) is 0 Å². The predicted octanol–water partition coefficient (Wildman–Crippen LogP) is -2.86. The number of aliphatic hydroxyl groups excluding tert-OH is 8. The van der Waals surface area contributed by atoms with Gasteiger partial charge in [-0.25, -0.2) is 0 Å². The average Bonchev–Trinajstić information content (AvgIpc) is 3.01. The summed E-state index contributed by atoms with van der Waals surface area (Å²) in [7, 11) is 3.15. The third-order valence-electron chi connectivity index (χ3n) is 10.3. The van der Waals surface area contributed by atoms with Gasteiger partial charge in [0.1, 0.15) is 42.7 Å². The van der Waals surface area contributed by atoms with Crippen LogP contribution in [0.5, 0.6) is 0 Å². The molecule has 5 aliphatic rings. The maximum atomic E-state index is 11.0. The quantitative estimate of drug-likeness (QED) is 0.134. The maximum absolute atomic E-state index is 11.0. The minimum Gasteiger partial charge on any atom is -0.393 e. The van der Waals surface area contributed by atoms with E-state index in [1.54, 1.807) is 14.2 Å². The van der Waals surface area contributed by atoms with Crippen molar-refractivity contribution in [2.24, 2.45) is 11.8 Å². The van der Waals surface area contributed by atoms with Crippen LogP contribution < -0.4 is 0 Å². The Morgan fingerprint density at radius 1 is 0.636 bits per heavy atom. The van der Waals surface area contributed by atoms with E-state index in [-0.39, 0.29) is 24.0 Å². The monoisotopic (exact) mass is 638 g/mol. The van der Waals surface area contributed by atoms with Gasteiger partial charge in [0, 0.05) is 26.6 Å². The fourth-order valence-electron chi connectivity index (χ4n) is 7.49. The van der Waals surface area contributed by atoms with Gasteiger partial charge in [0.05, 0.1) is 55.4 Å². The second kappa shape index (κ2) is 14.7. The van der Waals surface area contributed by atoms with E-state index in [0.717, 1.165) is 0 Å². The Morgan fingerprint density at radius 3 is 2.05 bits per heavy atom. The summed E-state index contributed by atoms with van der Waals surface area (Å²) in [6.07, 6.45) is -14.5. The normalized spacial score (nSPS) is 53.7. The molecule has 44 heavy (non-hydrogen) atoms. The lowest BCUT2D eigenvalue weighted by atomic mass is 9.72. The zero-order valence-corrected chi connectivity index (χ0v) is 25.4.